The van der Waals surface area contributed by atoms with E-state index in [1.165, 1.54) is 16.7 Å². The SMILES string of the molecule is CS(=O)(=O)OC1Nc2cccc(N3CCN(Cc4cccc(-c5ccccc5)c4)CC3)c2O1. The predicted octanol–water partition coefficient (Wildman–Crippen LogP) is 3.74. The van der Waals surface area contributed by atoms with E-state index in [2.05, 4.69) is 63.6 Å². The van der Waals surface area contributed by atoms with E-state index in [0.29, 0.717) is 5.75 Å². The molecular weight excluding hydrogens is 438 g/mol. The second-order valence-corrected chi connectivity index (χ2v) is 9.98. The maximum absolute atomic E-state index is 11.5. The molecule has 3 aromatic rings. The maximum atomic E-state index is 11.5. The molecule has 0 spiro atoms. The quantitative estimate of drug-likeness (QED) is 0.556. The molecule has 172 valence electrons. The van der Waals surface area contributed by atoms with Gasteiger partial charge in [0, 0.05) is 32.7 Å². The highest BCUT2D eigenvalue weighted by Crippen LogP contribution is 2.41. The van der Waals surface area contributed by atoms with Crippen molar-refractivity contribution in [3.05, 3.63) is 78.4 Å². The number of hydrogen-bond acceptors (Lipinski definition) is 7. The second kappa shape index (κ2) is 9.05. The van der Waals surface area contributed by atoms with E-state index in [4.69, 9.17) is 8.92 Å². The van der Waals surface area contributed by atoms with Gasteiger partial charge in [0.05, 0.1) is 17.6 Å². The molecule has 1 unspecified atom stereocenters. The molecule has 5 rings (SSSR count). The average molecular weight is 466 g/mol. The van der Waals surface area contributed by atoms with Crippen LogP contribution in [-0.4, -0.2) is 52.2 Å². The molecule has 0 aliphatic carbocycles. The van der Waals surface area contributed by atoms with Crippen LogP contribution in [0.5, 0.6) is 5.75 Å². The zero-order valence-corrected chi connectivity index (χ0v) is 19.3. The van der Waals surface area contributed by atoms with Crippen LogP contribution in [0.4, 0.5) is 11.4 Å². The van der Waals surface area contributed by atoms with E-state index in [9.17, 15) is 8.42 Å². The molecule has 7 nitrogen and oxygen atoms in total. The second-order valence-electron chi connectivity index (χ2n) is 8.38. The number of ether oxygens (including phenoxy) is 1. The molecule has 1 fully saturated rings. The lowest BCUT2D eigenvalue weighted by atomic mass is 10.0. The molecule has 1 saturated heterocycles. The summed E-state index contributed by atoms with van der Waals surface area (Å²) in [6, 6.07) is 25.0. The van der Waals surface area contributed by atoms with Gasteiger partial charge in [-0.2, -0.15) is 8.42 Å². The molecule has 2 aliphatic heterocycles. The van der Waals surface area contributed by atoms with Gasteiger partial charge in [-0.25, -0.2) is 4.18 Å². The fourth-order valence-electron chi connectivity index (χ4n) is 4.36. The number of nitrogens with zero attached hydrogens (tertiary/aromatic N) is 2. The summed E-state index contributed by atoms with van der Waals surface area (Å²) in [5.41, 5.74) is 5.46. The fraction of sp³-hybridized carbons (Fsp3) is 0.280. The van der Waals surface area contributed by atoms with Crippen LogP contribution in [0.1, 0.15) is 5.56 Å². The Morgan fingerprint density at radius 3 is 2.42 bits per heavy atom. The maximum Gasteiger partial charge on any atom is 0.296 e. The number of nitrogens with one attached hydrogen (secondary N) is 1. The Balaban J connectivity index is 1.22. The third kappa shape index (κ3) is 5.13. The number of anilines is 2. The van der Waals surface area contributed by atoms with Crippen molar-refractivity contribution in [1.82, 2.24) is 4.90 Å². The summed E-state index contributed by atoms with van der Waals surface area (Å²) in [7, 11) is -3.63. The minimum Gasteiger partial charge on any atom is -0.441 e. The fourth-order valence-corrected chi connectivity index (χ4v) is 4.77. The molecule has 3 aromatic carbocycles. The normalized spacial score (nSPS) is 18.5. The lowest BCUT2D eigenvalue weighted by Crippen LogP contribution is -2.46. The van der Waals surface area contributed by atoms with Gasteiger partial charge in [-0.05, 0) is 34.9 Å². The summed E-state index contributed by atoms with van der Waals surface area (Å²) in [6.07, 6.45) is -0.0224. The van der Waals surface area contributed by atoms with Crippen molar-refractivity contribution in [2.45, 2.75) is 13.0 Å². The van der Waals surface area contributed by atoms with Crippen LogP contribution in [0.3, 0.4) is 0 Å². The minimum atomic E-state index is -3.63. The Bertz CT molecular complexity index is 1230. The third-order valence-electron chi connectivity index (χ3n) is 5.91. The van der Waals surface area contributed by atoms with Crippen molar-refractivity contribution in [3.8, 4) is 16.9 Å². The van der Waals surface area contributed by atoms with Gasteiger partial charge < -0.3 is 15.0 Å². The number of benzene rings is 3. The molecular formula is C25H27N3O4S. The Labute approximate surface area is 194 Å². The first-order valence-corrected chi connectivity index (χ1v) is 12.8. The Morgan fingerprint density at radius 1 is 0.939 bits per heavy atom. The van der Waals surface area contributed by atoms with E-state index in [1.54, 1.807) is 0 Å². The van der Waals surface area contributed by atoms with Crippen LogP contribution >= 0.6 is 0 Å². The van der Waals surface area contributed by atoms with Crippen LogP contribution in [0.15, 0.2) is 72.8 Å². The molecule has 2 heterocycles. The number of fused-ring (bicyclic) bond motifs is 1. The summed E-state index contributed by atoms with van der Waals surface area (Å²) in [5.74, 6) is 0.634. The van der Waals surface area contributed by atoms with Gasteiger partial charge in [-0.3, -0.25) is 4.90 Å². The van der Waals surface area contributed by atoms with Crippen molar-refractivity contribution in [2.75, 3.05) is 42.7 Å². The highest BCUT2D eigenvalue weighted by Gasteiger charge is 2.30. The topological polar surface area (TPSA) is 71.1 Å². The van der Waals surface area contributed by atoms with Crippen LogP contribution in [0.25, 0.3) is 11.1 Å². The Kier molecular flexibility index (Phi) is 5.97. The lowest BCUT2D eigenvalue weighted by Gasteiger charge is -2.36. The number of para-hydroxylation sites is 1. The standard InChI is InChI=1S/C25H27N3O4S/c1-33(29,30)32-25-26-22-11-6-12-23(24(22)31-25)28-15-13-27(14-16-28)18-19-7-5-10-21(17-19)20-8-3-2-4-9-20/h2-12,17,25-26H,13-16,18H2,1H3. The van der Waals surface area contributed by atoms with Crippen LogP contribution in [0.2, 0.25) is 0 Å². The predicted molar refractivity (Wildman–Crippen MR) is 130 cm³/mol. The van der Waals surface area contributed by atoms with Crippen LogP contribution in [0, 0.1) is 0 Å². The first-order valence-electron chi connectivity index (χ1n) is 11.0. The molecule has 1 atom stereocenters. The summed E-state index contributed by atoms with van der Waals surface area (Å²) in [6.45, 7) is 4.47. The monoisotopic (exact) mass is 465 g/mol. The van der Waals surface area contributed by atoms with Crippen LogP contribution in [-0.2, 0) is 20.8 Å². The highest BCUT2D eigenvalue weighted by atomic mass is 32.2. The van der Waals surface area contributed by atoms with Crippen molar-refractivity contribution in [3.63, 3.8) is 0 Å². The molecule has 0 radical (unpaired) electrons. The van der Waals surface area contributed by atoms with Crippen molar-refractivity contribution >= 4 is 21.5 Å². The van der Waals surface area contributed by atoms with Gasteiger partial charge in [0.2, 0.25) is 0 Å². The molecule has 8 heteroatoms. The van der Waals surface area contributed by atoms with Crippen molar-refractivity contribution in [2.24, 2.45) is 0 Å². The molecule has 0 amide bonds. The molecule has 0 saturated carbocycles. The molecule has 2 aliphatic rings. The van der Waals surface area contributed by atoms with Gasteiger partial charge in [0.25, 0.3) is 16.5 Å². The first-order chi connectivity index (χ1) is 15.9. The summed E-state index contributed by atoms with van der Waals surface area (Å²) in [4.78, 5) is 4.73. The number of piperazine rings is 1. The smallest absolute Gasteiger partial charge is 0.296 e. The zero-order valence-electron chi connectivity index (χ0n) is 18.5. The van der Waals surface area contributed by atoms with E-state index in [0.717, 1.165) is 50.4 Å². The van der Waals surface area contributed by atoms with Gasteiger partial charge in [0.15, 0.2) is 5.75 Å². The zero-order chi connectivity index (χ0) is 22.8. The lowest BCUT2D eigenvalue weighted by molar-refractivity contribution is 0.0514. The van der Waals surface area contributed by atoms with E-state index < -0.39 is 16.5 Å². The van der Waals surface area contributed by atoms with Gasteiger partial charge >= 0.3 is 0 Å². The minimum absolute atomic E-state index is 0.634. The molecule has 1 N–H and O–H groups in total. The largest absolute Gasteiger partial charge is 0.441 e. The molecule has 33 heavy (non-hydrogen) atoms. The summed E-state index contributed by atoms with van der Waals surface area (Å²) >= 11 is 0. The van der Waals surface area contributed by atoms with Crippen LogP contribution < -0.4 is 15.0 Å². The van der Waals surface area contributed by atoms with Crippen molar-refractivity contribution < 1.29 is 17.3 Å². The van der Waals surface area contributed by atoms with Crippen molar-refractivity contribution in [1.29, 1.82) is 0 Å². The average Bonchev–Trinajstić information content (AvgIpc) is 3.21. The van der Waals surface area contributed by atoms with Gasteiger partial charge in [0.1, 0.15) is 0 Å². The molecule has 0 aromatic heterocycles. The Morgan fingerprint density at radius 2 is 1.67 bits per heavy atom. The van der Waals surface area contributed by atoms with Gasteiger partial charge in [-0.15, -0.1) is 0 Å². The number of rotatable bonds is 6. The van der Waals surface area contributed by atoms with E-state index in [1.807, 2.05) is 24.3 Å². The van der Waals surface area contributed by atoms with E-state index >= 15 is 0 Å². The third-order valence-corrected chi connectivity index (χ3v) is 6.43. The number of hydrogen-bond donors (Lipinski definition) is 1. The van der Waals surface area contributed by atoms with Gasteiger partial charge in [-0.1, -0.05) is 54.6 Å². The Hall–Kier alpha value is -3.07. The first kappa shape index (κ1) is 21.8. The molecule has 0 bridgehead atoms. The van der Waals surface area contributed by atoms with E-state index in [-0.39, 0.29) is 0 Å². The summed E-state index contributed by atoms with van der Waals surface area (Å²) < 4.78 is 33.6. The highest BCUT2D eigenvalue weighted by molar-refractivity contribution is 7.86. The summed E-state index contributed by atoms with van der Waals surface area (Å²) in [5, 5.41) is 2.97.